The first-order valence-corrected chi connectivity index (χ1v) is 9.32. The van der Waals surface area contributed by atoms with Crippen LogP contribution in [0.15, 0.2) is 60.7 Å². The molecule has 0 aromatic heterocycles. The lowest BCUT2D eigenvalue weighted by Crippen LogP contribution is -3.12. The van der Waals surface area contributed by atoms with E-state index < -0.39 is 4.92 Å². The molecule has 3 aromatic carbocycles. The molecule has 3 rings (SSSR count). The monoisotopic (exact) mass is 394 g/mol. The minimum Gasteiger partial charge on any atom is -0.495 e. The van der Waals surface area contributed by atoms with Gasteiger partial charge in [0.2, 0.25) is 0 Å². The van der Waals surface area contributed by atoms with Crippen LogP contribution in [0.25, 0.3) is 10.8 Å². The Morgan fingerprint density at radius 3 is 2.55 bits per heavy atom. The number of likely N-dealkylation sites (N-methyl/N-ethyl adjacent to an activating group) is 1. The van der Waals surface area contributed by atoms with Crippen LogP contribution in [-0.4, -0.2) is 31.0 Å². The molecular formula is C22H24N3O4+. The topological polar surface area (TPSA) is 85.9 Å². The molecule has 0 aliphatic carbocycles. The number of amides is 1. The Bertz CT molecular complexity index is 1050. The SMILES string of the molecule is COc1ccc([N+](=O)[O-])cc1NC(=O)[C@H](C)[NH+](C)Cc1ccc2ccccc2c1. The molecule has 0 saturated heterocycles. The van der Waals surface area contributed by atoms with Gasteiger partial charge < -0.3 is 15.0 Å². The predicted octanol–water partition coefficient (Wildman–Crippen LogP) is 2.80. The minimum absolute atomic E-state index is 0.106. The van der Waals surface area contributed by atoms with Gasteiger partial charge in [-0.3, -0.25) is 14.9 Å². The van der Waals surface area contributed by atoms with Gasteiger partial charge in [-0.25, -0.2) is 0 Å². The first-order chi connectivity index (χ1) is 13.9. The van der Waals surface area contributed by atoms with Crippen LogP contribution in [0.3, 0.4) is 0 Å². The molecule has 2 atom stereocenters. The normalized spacial score (nSPS) is 12.9. The fourth-order valence-electron chi connectivity index (χ4n) is 3.20. The zero-order valence-electron chi connectivity index (χ0n) is 16.6. The molecule has 0 aliphatic rings. The van der Waals surface area contributed by atoms with E-state index in [0.717, 1.165) is 15.8 Å². The van der Waals surface area contributed by atoms with Gasteiger partial charge in [0.25, 0.3) is 11.6 Å². The summed E-state index contributed by atoms with van der Waals surface area (Å²) in [5.74, 6) is 0.144. The van der Waals surface area contributed by atoms with Crippen LogP contribution in [0.1, 0.15) is 12.5 Å². The largest absolute Gasteiger partial charge is 0.495 e. The Hall–Kier alpha value is -3.45. The quantitative estimate of drug-likeness (QED) is 0.477. The average molecular weight is 394 g/mol. The second-order valence-electron chi connectivity index (χ2n) is 7.06. The van der Waals surface area contributed by atoms with Crippen LogP contribution < -0.4 is 15.0 Å². The Morgan fingerprint density at radius 1 is 1.14 bits per heavy atom. The number of hydrogen-bond acceptors (Lipinski definition) is 4. The molecule has 2 N–H and O–H groups in total. The molecule has 0 radical (unpaired) electrons. The summed E-state index contributed by atoms with van der Waals surface area (Å²) in [6.07, 6.45) is 0. The summed E-state index contributed by atoms with van der Waals surface area (Å²) < 4.78 is 5.21. The molecule has 150 valence electrons. The number of methoxy groups -OCH3 is 1. The van der Waals surface area contributed by atoms with Crippen molar-refractivity contribution in [2.24, 2.45) is 0 Å². The molecule has 0 fully saturated rings. The Labute approximate surface area is 169 Å². The number of nitrogens with one attached hydrogen (secondary N) is 2. The molecule has 3 aromatic rings. The van der Waals surface area contributed by atoms with Crippen LogP contribution in [0.4, 0.5) is 11.4 Å². The standard InChI is InChI=1S/C22H23N3O4/c1-15(22(26)23-20-13-19(25(27)28)10-11-21(20)29-3)24(2)14-16-8-9-17-6-4-5-7-18(17)12-16/h4-13,15H,14H2,1-3H3,(H,23,26)/p+1/t15-/m0/s1. The fourth-order valence-corrected chi connectivity index (χ4v) is 3.20. The highest BCUT2D eigenvalue weighted by molar-refractivity contribution is 5.95. The van der Waals surface area contributed by atoms with Gasteiger partial charge in [-0.15, -0.1) is 0 Å². The van der Waals surface area contributed by atoms with Gasteiger partial charge in [0, 0.05) is 17.7 Å². The Balaban J connectivity index is 1.72. The summed E-state index contributed by atoms with van der Waals surface area (Å²) in [7, 11) is 3.40. The molecule has 29 heavy (non-hydrogen) atoms. The van der Waals surface area contributed by atoms with Crippen molar-refractivity contribution < 1.29 is 19.4 Å². The van der Waals surface area contributed by atoms with Crippen molar-refractivity contribution in [1.82, 2.24) is 0 Å². The summed E-state index contributed by atoms with van der Waals surface area (Å²) in [6, 6.07) is 18.2. The maximum Gasteiger partial charge on any atom is 0.282 e. The molecule has 0 aliphatic heterocycles. The lowest BCUT2D eigenvalue weighted by molar-refractivity contribution is -0.907. The number of nitro benzene ring substituents is 1. The number of carbonyl (C=O) groups excluding carboxylic acids is 1. The van der Waals surface area contributed by atoms with Gasteiger partial charge in [-0.2, -0.15) is 0 Å². The Morgan fingerprint density at radius 2 is 1.86 bits per heavy atom. The van der Waals surface area contributed by atoms with E-state index >= 15 is 0 Å². The third kappa shape index (κ3) is 4.70. The van der Waals surface area contributed by atoms with Crippen LogP contribution in [-0.2, 0) is 11.3 Å². The summed E-state index contributed by atoms with van der Waals surface area (Å²) in [6.45, 7) is 2.50. The van der Waals surface area contributed by atoms with Crippen molar-refractivity contribution in [2.75, 3.05) is 19.5 Å². The highest BCUT2D eigenvalue weighted by Gasteiger charge is 2.24. The van der Waals surface area contributed by atoms with Crippen molar-refractivity contribution in [1.29, 1.82) is 0 Å². The van der Waals surface area contributed by atoms with Crippen LogP contribution in [0, 0.1) is 10.1 Å². The van der Waals surface area contributed by atoms with Gasteiger partial charge in [0.15, 0.2) is 6.04 Å². The van der Waals surface area contributed by atoms with E-state index in [9.17, 15) is 14.9 Å². The molecule has 1 amide bonds. The van der Waals surface area contributed by atoms with E-state index in [0.29, 0.717) is 12.3 Å². The number of ether oxygens (including phenoxy) is 1. The van der Waals surface area contributed by atoms with Crippen molar-refractivity contribution in [3.05, 3.63) is 76.3 Å². The van der Waals surface area contributed by atoms with Crippen LogP contribution in [0.5, 0.6) is 5.75 Å². The first-order valence-electron chi connectivity index (χ1n) is 9.32. The number of nitro groups is 1. The van der Waals surface area contributed by atoms with Crippen LogP contribution >= 0.6 is 0 Å². The Kier molecular flexibility index (Phi) is 6.09. The molecule has 7 heteroatoms. The zero-order chi connectivity index (χ0) is 21.0. The van der Waals surface area contributed by atoms with Crippen molar-refractivity contribution in [3.63, 3.8) is 0 Å². The number of nitrogens with zero attached hydrogens (tertiary/aromatic N) is 1. The van der Waals surface area contributed by atoms with E-state index in [1.54, 1.807) is 0 Å². The molecule has 0 bridgehead atoms. The second kappa shape index (κ2) is 8.70. The molecule has 0 heterocycles. The maximum atomic E-state index is 12.7. The number of hydrogen-bond donors (Lipinski definition) is 2. The fraction of sp³-hybridized carbons (Fsp3) is 0.227. The maximum absolute atomic E-state index is 12.7. The molecule has 7 nitrogen and oxygen atoms in total. The van der Waals surface area contributed by atoms with E-state index in [2.05, 4.69) is 35.6 Å². The van der Waals surface area contributed by atoms with Gasteiger partial charge in [-0.05, 0) is 29.8 Å². The highest BCUT2D eigenvalue weighted by Crippen LogP contribution is 2.28. The number of quaternary nitrogens is 1. The summed E-state index contributed by atoms with van der Waals surface area (Å²) >= 11 is 0. The van der Waals surface area contributed by atoms with E-state index in [-0.39, 0.29) is 23.3 Å². The smallest absolute Gasteiger partial charge is 0.282 e. The van der Waals surface area contributed by atoms with Crippen molar-refractivity contribution in [2.45, 2.75) is 19.5 Å². The van der Waals surface area contributed by atoms with Gasteiger partial charge in [0.05, 0.1) is 24.8 Å². The third-order valence-corrected chi connectivity index (χ3v) is 5.08. The lowest BCUT2D eigenvalue weighted by atomic mass is 10.1. The third-order valence-electron chi connectivity index (χ3n) is 5.08. The number of fused-ring (bicyclic) bond motifs is 1. The number of benzene rings is 3. The number of carbonyl (C=O) groups is 1. The molecule has 1 unspecified atom stereocenters. The number of anilines is 1. The van der Waals surface area contributed by atoms with Gasteiger partial charge in [-0.1, -0.05) is 36.4 Å². The van der Waals surface area contributed by atoms with Gasteiger partial charge >= 0.3 is 0 Å². The molecule has 0 spiro atoms. The number of rotatable bonds is 7. The first kappa shape index (κ1) is 20.3. The average Bonchev–Trinajstić information content (AvgIpc) is 2.72. The summed E-state index contributed by atoms with van der Waals surface area (Å²) in [5, 5.41) is 16.1. The van der Waals surface area contributed by atoms with E-state index in [1.807, 2.05) is 26.1 Å². The minimum atomic E-state index is -0.504. The number of non-ortho nitro benzene ring substituents is 1. The van der Waals surface area contributed by atoms with Gasteiger partial charge in [0.1, 0.15) is 12.3 Å². The van der Waals surface area contributed by atoms with Crippen molar-refractivity contribution in [3.8, 4) is 5.75 Å². The van der Waals surface area contributed by atoms with E-state index in [1.165, 1.54) is 30.7 Å². The highest BCUT2D eigenvalue weighted by atomic mass is 16.6. The summed E-state index contributed by atoms with van der Waals surface area (Å²) in [5.41, 5.74) is 1.32. The zero-order valence-corrected chi connectivity index (χ0v) is 16.6. The van der Waals surface area contributed by atoms with Crippen molar-refractivity contribution >= 4 is 28.1 Å². The summed E-state index contributed by atoms with van der Waals surface area (Å²) in [4.78, 5) is 24.3. The second-order valence-corrected chi connectivity index (χ2v) is 7.06. The van der Waals surface area contributed by atoms with Crippen LogP contribution in [0.2, 0.25) is 0 Å². The molecule has 0 saturated carbocycles. The van der Waals surface area contributed by atoms with E-state index in [4.69, 9.17) is 4.74 Å². The molecular weight excluding hydrogens is 370 g/mol. The lowest BCUT2D eigenvalue weighted by Gasteiger charge is -2.21. The predicted molar refractivity (Wildman–Crippen MR) is 112 cm³/mol.